The summed E-state index contributed by atoms with van der Waals surface area (Å²) in [5.74, 6) is -0.0520. The van der Waals surface area contributed by atoms with E-state index in [9.17, 15) is 4.79 Å². The van der Waals surface area contributed by atoms with Crippen LogP contribution in [0.2, 0.25) is 0 Å². The van der Waals surface area contributed by atoms with E-state index in [1.165, 1.54) is 0 Å². The Bertz CT molecular complexity index is 509. The number of carbonyl (C=O) groups is 1. The van der Waals surface area contributed by atoms with Gasteiger partial charge in [-0.15, -0.1) is 0 Å². The number of hydrogen-bond acceptors (Lipinski definition) is 3. The van der Waals surface area contributed by atoms with E-state index in [4.69, 9.17) is 0 Å². The van der Waals surface area contributed by atoms with Gasteiger partial charge in [-0.2, -0.15) is 0 Å². The van der Waals surface area contributed by atoms with Gasteiger partial charge in [0.15, 0.2) is 0 Å². The van der Waals surface area contributed by atoms with Gasteiger partial charge in [-0.05, 0) is 0 Å². The number of aryl methyl sites for hydroxylation is 1. The number of hydrogen-bond donors (Lipinski definition) is 1. The first-order valence-electron chi connectivity index (χ1n) is 5.33. The maximum absolute atomic E-state index is 12.0. The van der Waals surface area contributed by atoms with Gasteiger partial charge in [0.05, 0.1) is 0 Å². The molecule has 1 amide bonds. The Morgan fingerprint density at radius 2 is 2.06 bits per heavy atom. The predicted molar refractivity (Wildman–Crippen MR) is 66.0 cm³/mol. The molecule has 0 saturated carbocycles. The van der Waals surface area contributed by atoms with Crippen molar-refractivity contribution in [3.63, 3.8) is 0 Å². The molecule has 0 unspecified atom stereocenters. The SMILES string of the molecule is Cc1nn[se]c1C(=O)N[C@H](C)c1ccccc1. The monoisotopic (exact) mass is 295 g/mol. The molecule has 0 fully saturated rings. The fraction of sp³-hybridized carbons (Fsp3) is 0.250. The first-order valence-corrected chi connectivity index (χ1v) is 6.95. The minimum absolute atomic E-state index is 0.000370. The molecule has 0 radical (unpaired) electrons. The van der Waals surface area contributed by atoms with Crippen LogP contribution in [0.4, 0.5) is 0 Å². The van der Waals surface area contributed by atoms with Gasteiger partial charge in [0.2, 0.25) is 0 Å². The van der Waals surface area contributed by atoms with Crippen molar-refractivity contribution >= 4 is 20.6 Å². The molecule has 1 aromatic heterocycles. The van der Waals surface area contributed by atoms with Crippen molar-refractivity contribution in [3.05, 3.63) is 46.0 Å². The molecule has 2 rings (SSSR count). The number of carbonyl (C=O) groups excluding carboxylic acids is 1. The molecule has 0 aliphatic heterocycles. The molecule has 0 aliphatic rings. The van der Waals surface area contributed by atoms with Gasteiger partial charge in [-0.3, -0.25) is 0 Å². The van der Waals surface area contributed by atoms with E-state index in [2.05, 4.69) is 14.5 Å². The summed E-state index contributed by atoms with van der Waals surface area (Å²) in [5.41, 5.74) is 1.83. The second kappa shape index (κ2) is 5.25. The van der Waals surface area contributed by atoms with E-state index in [1.807, 2.05) is 44.2 Å². The summed E-state index contributed by atoms with van der Waals surface area (Å²) in [6.07, 6.45) is 0. The summed E-state index contributed by atoms with van der Waals surface area (Å²) in [6, 6.07) is 9.89. The minimum atomic E-state index is -0.162. The Kier molecular flexibility index (Phi) is 3.71. The molecule has 17 heavy (non-hydrogen) atoms. The molecular formula is C12H13N3OSe. The van der Waals surface area contributed by atoms with Crippen molar-refractivity contribution in [2.24, 2.45) is 0 Å². The summed E-state index contributed by atoms with van der Waals surface area (Å²) in [4.78, 5) is 12.0. The summed E-state index contributed by atoms with van der Waals surface area (Å²) in [6.45, 7) is 3.79. The van der Waals surface area contributed by atoms with E-state index in [0.717, 1.165) is 15.7 Å². The van der Waals surface area contributed by atoms with Gasteiger partial charge in [0, 0.05) is 0 Å². The van der Waals surface area contributed by atoms with Gasteiger partial charge in [-0.1, -0.05) is 0 Å². The first-order chi connectivity index (χ1) is 8.18. The molecule has 0 spiro atoms. The fourth-order valence-corrected chi connectivity index (χ4v) is 2.70. The van der Waals surface area contributed by atoms with Crippen LogP contribution in [0.5, 0.6) is 0 Å². The molecule has 0 bridgehead atoms. The molecule has 0 saturated heterocycles. The Hall–Kier alpha value is -1.45. The third-order valence-electron chi connectivity index (χ3n) is 2.50. The van der Waals surface area contributed by atoms with Crippen LogP contribution < -0.4 is 5.32 Å². The van der Waals surface area contributed by atoms with E-state index < -0.39 is 0 Å². The van der Waals surface area contributed by atoms with Crippen molar-refractivity contribution in [3.8, 4) is 0 Å². The third-order valence-corrected chi connectivity index (χ3v) is 4.24. The zero-order valence-corrected chi connectivity index (χ0v) is 11.4. The average Bonchev–Trinajstić information content (AvgIpc) is 2.76. The van der Waals surface area contributed by atoms with Gasteiger partial charge >= 0.3 is 106 Å². The number of nitrogens with zero attached hydrogens (tertiary/aromatic N) is 2. The van der Waals surface area contributed by atoms with Gasteiger partial charge in [0.25, 0.3) is 0 Å². The molecule has 2 aromatic rings. The van der Waals surface area contributed by atoms with Crippen LogP contribution in [-0.4, -0.2) is 29.8 Å². The second-order valence-corrected chi connectivity index (χ2v) is 5.38. The molecule has 1 heterocycles. The van der Waals surface area contributed by atoms with Gasteiger partial charge in [0.1, 0.15) is 0 Å². The zero-order chi connectivity index (χ0) is 12.3. The van der Waals surface area contributed by atoms with Crippen LogP contribution in [-0.2, 0) is 0 Å². The molecule has 4 nitrogen and oxygen atoms in total. The Morgan fingerprint density at radius 1 is 1.35 bits per heavy atom. The van der Waals surface area contributed by atoms with Crippen LogP contribution in [0.15, 0.2) is 30.3 Å². The quantitative estimate of drug-likeness (QED) is 0.869. The first kappa shape index (κ1) is 12.0. The fourth-order valence-electron chi connectivity index (χ4n) is 1.53. The van der Waals surface area contributed by atoms with Crippen LogP contribution in [0, 0.1) is 6.92 Å². The van der Waals surface area contributed by atoms with Gasteiger partial charge < -0.3 is 0 Å². The summed E-state index contributed by atoms with van der Waals surface area (Å²) in [5, 5.41) is 6.86. The molecule has 1 atom stereocenters. The predicted octanol–water partition coefficient (Wildman–Crippen LogP) is 1.33. The number of benzene rings is 1. The Labute approximate surface area is 106 Å². The standard InChI is InChI=1S/C12H13N3OSe/c1-8(10-6-4-3-5-7-10)13-12(16)11-9(2)14-15-17-11/h3-8H,1-2H3,(H,13,16)/t8-/m1/s1. The number of rotatable bonds is 3. The van der Waals surface area contributed by atoms with E-state index in [1.54, 1.807) is 0 Å². The van der Waals surface area contributed by atoms with Crippen LogP contribution in [0.3, 0.4) is 0 Å². The number of aromatic nitrogens is 2. The molecule has 1 N–H and O–H groups in total. The summed E-state index contributed by atoms with van der Waals surface area (Å²) in [7, 11) is 0. The maximum atomic E-state index is 12.0. The van der Waals surface area contributed by atoms with Crippen LogP contribution >= 0.6 is 0 Å². The number of nitrogens with one attached hydrogen (secondary N) is 1. The van der Waals surface area contributed by atoms with Crippen LogP contribution in [0.25, 0.3) is 0 Å². The van der Waals surface area contributed by atoms with E-state index in [0.29, 0.717) is 0 Å². The van der Waals surface area contributed by atoms with Crippen molar-refractivity contribution in [2.45, 2.75) is 19.9 Å². The van der Waals surface area contributed by atoms with Crippen LogP contribution in [0.1, 0.15) is 33.5 Å². The average molecular weight is 294 g/mol. The van der Waals surface area contributed by atoms with Crippen molar-refractivity contribution < 1.29 is 4.79 Å². The van der Waals surface area contributed by atoms with Crippen molar-refractivity contribution in [2.75, 3.05) is 0 Å². The van der Waals surface area contributed by atoms with Crippen molar-refractivity contribution in [1.29, 1.82) is 0 Å². The molecule has 5 heteroatoms. The molecule has 88 valence electrons. The molecule has 0 aliphatic carbocycles. The molecule has 1 aromatic carbocycles. The normalized spacial score (nSPS) is 12.1. The summed E-state index contributed by atoms with van der Waals surface area (Å²) >= 11 is -0.162. The van der Waals surface area contributed by atoms with E-state index >= 15 is 0 Å². The molecular weight excluding hydrogens is 281 g/mol. The summed E-state index contributed by atoms with van der Waals surface area (Å²) < 4.78 is 4.62. The zero-order valence-electron chi connectivity index (χ0n) is 9.68. The topological polar surface area (TPSA) is 54.9 Å². The Balaban J connectivity index is 2.08. The third kappa shape index (κ3) is 2.81. The van der Waals surface area contributed by atoms with Crippen molar-refractivity contribution in [1.82, 2.24) is 14.5 Å². The Morgan fingerprint density at radius 3 is 2.65 bits per heavy atom. The second-order valence-electron chi connectivity index (χ2n) is 3.79. The van der Waals surface area contributed by atoms with Gasteiger partial charge in [-0.25, -0.2) is 0 Å². The van der Waals surface area contributed by atoms with E-state index in [-0.39, 0.29) is 26.7 Å². The number of amides is 1.